The number of hydrogen-bond acceptors (Lipinski definition) is 2. The fraction of sp³-hybridized carbons (Fsp3) is 0.588. The van der Waals surface area contributed by atoms with Gasteiger partial charge in [-0.25, -0.2) is 0 Å². The Labute approximate surface area is 126 Å². The summed E-state index contributed by atoms with van der Waals surface area (Å²) in [7, 11) is 0. The van der Waals surface area contributed by atoms with Crippen LogP contribution in [0, 0.1) is 5.92 Å². The molecule has 0 spiro atoms. The molecular weight excluding hydrogens is 266 g/mol. The molecule has 1 aromatic rings. The summed E-state index contributed by atoms with van der Waals surface area (Å²) >= 11 is 1.71. The molecule has 1 aromatic carbocycles. The van der Waals surface area contributed by atoms with Gasteiger partial charge in [-0.3, -0.25) is 4.79 Å². The van der Waals surface area contributed by atoms with Crippen LogP contribution in [0.25, 0.3) is 0 Å². The summed E-state index contributed by atoms with van der Waals surface area (Å²) in [5, 5.41) is 3.11. The van der Waals surface area contributed by atoms with Crippen molar-refractivity contribution in [2.24, 2.45) is 5.92 Å². The predicted molar refractivity (Wildman–Crippen MR) is 86.8 cm³/mol. The highest BCUT2D eigenvalue weighted by atomic mass is 32.2. The molecule has 0 heterocycles. The summed E-state index contributed by atoms with van der Waals surface area (Å²) < 4.78 is 0. The van der Waals surface area contributed by atoms with Crippen molar-refractivity contribution in [3.63, 3.8) is 0 Å². The van der Waals surface area contributed by atoms with Crippen LogP contribution in [0.2, 0.25) is 0 Å². The van der Waals surface area contributed by atoms with E-state index in [2.05, 4.69) is 17.4 Å². The molecule has 0 aliphatic heterocycles. The molecule has 2 rings (SSSR count). The normalized spacial score (nSPS) is 17.1. The predicted octanol–water partition coefficient (Wildman–Crippen LogP) is 4.00. The van der Waals surface area contributed by atoms with E-state index in [1.807, 2.05) is 25.1 Å². The molecule has 110 valence electrons. The molecule has 1 aliphatic rings. The Balaban J connectivity index is 1.61. The van der Waals surface area contributed by atoms with Crippen molar-refractivity contribution in [2.45, 2.75) is 50.0 Å². The van der Waals surface area contributed by atoms with Gasteiger partial charge in [0, 0.05) is 12.3 Å². The monoisotopic (exact) mass is 291 g/mol. The van der Waals surface area contributed by atoms with Crippen LogP contribution in [-0.4, -0.2) is 17.7 Å². The van der Waals surface area contributed by atoms with E-state index in [0.29, 0.717) is 0 Å². The average Bonchev–Trinajstić information content (AvgIpc) is 2.99. The van der Waals surface area contributed by atoms with E-state index < -0.39 is 0 Å². The summed E-state index contributed by atoms with van der Waals surface area (Å²) in [5.74, 6) is 1.93. The minimum Gasteiger partial charge on any atom is -0.355 e. The van der Waals surface area contributed by atoms with E-state index in [1.54, 1.807) is 11.8 Å². The van der Waals surface area contributed by atoms with Crippen LogP contribution in [-0.2, 0) is 10.5 Å². The van der Waals surface area contributed by atoms with E-state index >= 15 is 0 Å². The molecule has 1 aliphatic carbocycles. The van der Waals surface area contributed by atoms with Gasteiger partial charge >= 0.3 is 0 Å². The van der Waals surface area contributed by atoms with Crippen LogP contribution in [0.5, 0.6) is 0 Å². The Morgan fingerprint density at radius 1 is 1.30 bits per heavy atom. The number of benzene rings is 1. The van der Waals surface area contributed by atoms with Gasteiger partial charge in [-0.1, -0.05) is 56.0 Å². The van der Waals surface area contributed by atoms with Crippen molar-refractivity contribution in [2.75, 3.05) is 6.54 Å². The van der Waals surface area contributed by atoms with Gasteiger partial charge in [0.05, 0.1) is 5.25 Å². The van der Waals surface area contributed by atoms with E-state index in [-0.39, 0.29) is 11.2 Å². The maximum atomic E-state index is 12.0. The van der Waals surface area contributed by atoms with Crippen LogP contribution in [0.3, 0.4) is 0 Å². The second-order valence-electron chi connectivity index (χ2n) is 5.67. The van der Waals surface area contributed by atoms with Crippen molar-refractivity contribution in [3.05, 3.63) is 35.9 Å². The standard InChI is InChI=1S/C17H25NOS/c1-14(20-13-16-9-3-2-4-10-16)17(19)18-12-11-15-7-5-6-8-15/h2-4,9-10,14-15H,5-8,11-13H2,1H3,(H,18,19). The molecule has 0 bridgehead atoms. The number of hydrogen-bond donors (Lipinski definition) is 1. The smallest absolute Gasteiger partial charge is 0.232 e. The molecule has 1 atom stereocenters. The van der Waals surface area contributed by atoms with Gasteiger partial charge in [0.2, 0.25) is 5.91 Å². The highest BCUT2D eigenvalue weighted by Gasteiger charge is 2.16. The highest BCUT2D eigenvalue weighted by Crippen LogP contribution is 2.27. The van der Waals surface area contributed by atoms with E-state index in [0.717, 1.165) is 24.6 Å². The lowest BCUT2D eigenvalue weighted by Crippen LogP contribution is -2.32. The largest absolute Gasteiger partial charge is 0.355 e. The van der Waals surface area contributed by atoms with E-state index in [4.69, 9.17) is 0 Å². The third-order valence-electron chi connectivity index (χ3n) is 4.04. The lowest BCUT2D eigenvalue weighted by atomic mass is 10.0. The number of nitrogens with one attached hydrogen (secondary N) is 1. The lowest BCUT2D eigenvalue weighted by molar-refractivity contribution is -0.120. The first kappa shape index (κ1) is 15.4. The first-order chi connectivity index (χ1) is 9.75. The zero-order valence-corrected chi connectivity index (χ0v) is 13.1. The molecule has 20 heavy (non-hydrogen) atoms. The number of thioether (sulfide) groups is 1. The zero-order chi connectivity index (χ0) is 14.2. The second kappa shape index (κ2) is 8.35. The molecule has 1 saturated carbocycles. The number of amides is 1. The SMILES string of the molecule is CC(SCc1ccccc1)C(=O)NCCC1CCCC1. The van der Waals surface area contributed by atoms with E-state index in [1.165, 1.54) is 31.2 Å². The van der Waals surface area contributed by atoms with Crippen LogP contribution in [0.1, 0.15) is 44.6 Å². The Hall–Kier alpha value is -0.960. The third-order valence-corrected chi connectivity index (χ3v) is 5.25. The maximum absolute atomic E-state index is 12.0. The molecule has 0 saturated heterocycles. The number of carbonyl (C=O) groups excluding carboxylic acids is 1. The highest BCUT2D eigenvalue weighted by molar-refractivity contribution is 7.99. The van der Waals surface area contributed by atoms with Gasteiger partial charge in [-0.15, -0.1) is 11.8 Å². The average molecular weight is 291 g/mol. The van der Waals surface area contributed by atoms with Gasteiger partial charge in [-0.2, -0.15) is 0 Å². The first-order valence-corrected chi connectivity index (χ1v) is 8.74. The summed E-state index contributed by atoms with van der Waals surface area (Å²) in [5.41, 5.74) is 1.28. The Bertz CT molecular complexity index is 401. The molecule has 1 amide bonds. The fourth-order valence-electron chi connectivity index (χ4n) is 2.71. The topological polar surface area (TPSA) is 29.1 Å². The summed E-state index contributed by atoms with van der Waals surface area (Å²) in [6, 6.07) is 10.3. The van der Waals surface area contributed by atoms with Crippen molar-refractivity contribution in [1.29, 1.82) is 0 Å². The van der Waals surface area contributed by atoms with E-state index in [9.17, 15) is 4.79 Å². The Morgan fingerprint density at radius 2 is 2.00 bits per heavy atom. The quantitative estimate of drug-likeness (QED) is 0.822. The van der Waals surface area contributed by atoms with Gasteiger partial charge in [-0.05, 0) is 24.8 Å². The van der Waals surface area contributed by atoms with Gasteiger partial charge in [0.1, 0.15) is 0 Å². The molecular formula is C17H25NOS. The Kier molecular flexibility index (Phi) is 6.44. The van der Waals surface area contributed by atoms with Gasteiger partial charge in [0.15, 0.2) is 0 Å². The first-order valence-electron chi connectivity index (χ1n) is 7.69. The zero-order valence-electron chi connectivity index (χ0n) is 12.3. The second-order valence-corrected chi connectivity index (χ2v) is 7.00. The van der Waals surface area contributed by atoms with Crippen molar-refractivity contribution in [1.82, 2.24) is 5.32 Å². The van der Waals surface area contributed by atoms with Gasteiger partial charge in [0.25, 0.3) is 0 Å². The maximum Gasteiger partial charge on any atom is 0.232 e. The minimum atomic E-state index is 0.0267. The minimum absolute atomic E-state index is 0.0267. The van der Waals surface area contributed by atoms with Gasteiger partial charge < -0.3 is 5.32 Å². The number of carbonyl (C=O) groups is 1. The van der Waals surface area contributed by atoms with Crippen LogP contribution < -0.4 is 5.32 Å². The van der Waals surface area contributed by atoms with Crippen LogP contribution in [0.4, 0.5) is 0 Å². The molecule has 1 unspecified atom stereocenters. The van der Waals surface area contributed by atoms with Crippen molar-refractivity contribution >= 4 is 17.7 Å². The van der Waals surface area contributed by atoms with Crippen LogP contribution in [0.15, 0.2) is 30.3 Å². The van der Waals surface area contributed by atoms with Crippen molar-refractivity contribution < 1.29 is 4.79 Å². The Morgan fingerprint density at radius 3 is 2.70 bits per heavy atom. The molecule has 3 heteroatoms. The summed E-state index contributed by atoms with van der Waals surface area (Å²) in [6.45, 7) is 2.85. The number of rotatable bonds is 7. The molecule has 0 aromatic heterocycles. The molecule has 2 nitrogen and oxygen atoms in total. The lowest BCUT2D eigenvalue weighted by Gasteiger charge is -2.14. The molecule has 0 radical (unpaired) electrons. The van der Waals surface area contributed by atoms with Crippen molar-refractivity contribution in [3.8, 4) is 0 Å². The third kappa shape index (κ3) is 5.20. The molecule has 1 fully saturated rings. The fourth-order valence-corrected chi connectivity index (χ4v) is 3.58. The summed E-state index contributed by atoms with van der Waals surface area (Å²) in [4.78, 5) is 12.0. The summed E-state index contributed by atoms with van der Waals surface area (Å²) in [6.07, 6.45) is 6.62. The van der Waals surface area contributed by atoms with Crippen LogP contribution >= 0.6 is 11.8 Å². The molecule has 1 N–H and O–H groups in total.